The van der Waals surface area contributed by atoms with Crippen LogP contribution >= 0.6 is 11.6 Å². The summed E-state index contributed by atoms with van der Waals surface area (Å²) in [6, 6.07) is 10.9. The number of hydrogen-bond acceptors (Lipinski definition) is 3. The number of halogens is 2. The topological polar surface area (TPSA) is 70.2 Å². The van der Waals surface area contributed by atoms with E-state index in [1.807, 2.05) is 13.8 Å². The molecule has 0 spiro atoms. The average Bonchev–Trinajstić information content (AvgIpc) is 2.63. The number of carbonyl (C=O) groups is 2. The van der Waals surface area contributed by atoms with Crippen LogP contribution in [0.15, 0.2) is 42.5 Å². The molecule has 0 heterocycles. The second-order valence-electron chi connectivity index (χ2n) is 5.89. The molecule has 2 amide bonds. The highest BCUT2D eigenvalue weighted by Gasteiger charge is 2.10. The Morgan fingerprint density at radius 2 is 1.92 bits per heavy atom. The molecule has 0 saturated carbocycles. The van der Waals surface area contributed by atoms with E-state index in [-0.39, 0.29) is 29.4 Å². The van der Waals surface area contributed by atoms with Gasteiger partial charge in [0, 0.05) is 23.0 Å². The van der Waals surface area contributed by atoms with Crippen molar-refractivity contribution in [1.29, 1.82) is 0 Å². The average molecular weight is 378 g/mol. The number of amides is 2. The predicted octanol–water partition coefficient (Wildman–Crippen LogP) is 4.06. The number of benzene rings is 2. The predicted molar refractivity (Wildman–Crippen MR) is 102 cm³/mol. The quantitative estimate of drug-likeness (QED) is 0.681. The molecule has 0 fully saturated rings. The maximum atomic E-state index is 13.1. The summed E-state index contributed by atoms with van der Waals surface area (Å²) in [5.41, 5.74) is 1.57. The zero-order valence-corrected chi connectivity index (χ0v) is 15.4. The van der Waals surface area contributed by atoms with Crippen molar-refractivity contribution >= 4 is 34.8 Å². The van der Waals surface area contributed by atoms with Crippen LogP contribution < -0.4 is 16.0 Å². The van der Waals surface area contributed by atoms with Gasteiger partial charge in [0.2, 0.25) is 5.91 Å². The van der Waals surface area contributed by atoms with Gasteiger partial charge in [-0.3, -0.25) is 9.59 Å². The molecule has 138 valence electrons. The van der Waals surface area contributed by atoms with E-state index in [0.717, 1.165) is 6.42 Å². The van der Waals surface area contributed by atoms with Gasteiger partial charge in [0.1, 0.15) is 5.82 Å². The van der Waals surface area contributed by atoms with Gasteiger partial charge in [-0.1, -0.05) is 24.6 Å². The van der Waals surface area contributed by atoms with Crippen LogP contribution in [0.1, 0.15) is 30.6 Å². The van der Waals surface area contributed by atoms with Gasteiger partial charge in [-0.15, -0.1) is 0 Å². The summed E-state index contributed by atoms with van der Waals surface area (Å²) in [7, 11) is 0. The highest BCUT2D eigenvalue weighted by molar-refractivity contribution is 6.31. The lowest BCUT2D eigenvalue weighted by Gasteiger charge is -2.12. The standard InChI is InChI=1S/C19H21ClFN3O2/c1-3-12(2)23-19(26)13-5-4-6-14(9-13)22-11-18(25)24-15-7-8-17(21)16(20)10-15/h4-10,12,22H,3,11H2,1-2H3,(H,23,26)(H,24,25). The second-order valence-corrected chi connectivity index (χ2v) is 6.30. The molecule has 2 rings (SSSR count). The third-order valence-electron chi connectivity index (χ3n) is 3.77. The van der Waals surface area contributed by atoms with Crippen LogP contribution in [0.5, 0.6) is 0 Å². The molecule has 3 N–H and O–H groups in total. The van der Waals surface area contributed by atoms with Gasteiger partial charge in [-0.05, 0) is 49.7 Å². The Kier molecular flexibility index (Phi) is 6.97. The summed E-state index contributed by atoms with van der Waals surface area (Å²) in [6.45, 7) is 3.92. The third kappa shape index (κ3) is 5.74. The molecule has 1 unspecified atom stereocenters. The zero-order valence-electron chi connectivity index (χ0n) is 14.6. The molecule has 1 atom stereocenters. The van der Waals surface area contributed by atoms with E-state index in [1.54, 1.807) is 24.3 Å². The molecular weight excluding hydrogens is 357 g/mol. The maximum absolute atomic E-state index is 13.1. The number of nitrogens with one attached hydrogen (secondary N) is 3. The van der Waals surface area contributed by atoms with Crippen molar-refractivity contribution in [3.05, 3.63) is 58.9 Å². The maximum Gasteiger partial charge on any atom is 0.251 e. The number of carbonyl (C=O) groups excluding carboxylic acids is 2. The third-order valence-corrected chi connectivity index (χ3v) is 4.06. The molecule has 7 heteroatoms. The van der Waals surface area contributed by atoms with Crippen LogP contribution in [-0.2, 0) is 4.79 Å². The Labute approximate surface area is 156 Å². The monoisotopic (exact) mass is 377 g/mol. The van der Waals surface area contributed by atoms with E-state index in [2.05, 4.69) is 16.0 Å². The molecule has 0 radical (unpaired) electrons. The highest BCUT2D eigenvalue weighted by atomic mass is 35.5. The Morgan fingerprint density at radius 3 is 2.62 bits per heavy atom. The van der Waals surface area contributed by atoms with Crippen LogP contribution in [-0.4, -0.2) is 24.4 Å². The minimum Gasteiger partial charge on any atom is -0.376 e. The zero-order chi connectivity index (χ0) is 19.1. The smallest absolute Gasteiger partial charge is 0.251 e. The lowest BCUT2D eigenvalue weighted by Crippen LogP contribution is -2.31. The van der Waals surface area contributed by atoms with Crippen LogP contribution in [0.3, 0.4) is 0 Å². The van der Waals surface area contributed by atoms with Crippen LogP contribution in [0.2, 0.25) is 5.02 Å². The molecule has 0 bridgehead atoms. The van der Waals surface area contributed by atoms with Crippen molar-refractivity contribution < 1.29 is 14.0 Å². The Morgan fingerprint density at radius 1 is 1.15 bits per heavy atom. The fourth-order valence-electron chi connectivity index (χ4n) is 2.14. The Hall–Kier alpha value is -2.60. The van der Waals surface area contributed by atoms with Crippen molar-refractivity contribution in [2.75, 3.05) is 17.2 Å². The summed E-state index contributed by atoms with van der Waals surface area (Å²) >= 11 is 5.68. The van der Waals surface area contributed by atoms with Gasteiger partial charge in [0.25, 0.3) is 5.91 Å². The van der Waals surface area contributed by atoms with E-state index in [0.29, 0.717) is 16.9 Å². The minimum atomic E-state index is -0.546. The second kappa shape index (κ2) is 9.20. The van der Waals surface area contributed by atoms with Crippen LogP contribution in [0.4, 0.5) is 15.8 Å². The van der Waals surface area contributed by atoms with Crippen molar-refractivity contribution in [1.82, 2.24) is 5.32 Å². The van der Waals surface area contributed by atoms with E-state index >= 15 is 0 Å². The molecular formula is C19H21ClFN3O2. The minimum absolute atomic E-state index is 0.00850. The molecule has 0 saturated heterocycles. The first kappa shape index (κ1) is 19.7. The van der Waals surface area contributed by atoms with Gasteiger partial charge in [0.05, 0.1) is 11.6 Å². The molecule has 0 aliphatic carbocycles. The van der Waals surface area contributed by atoms with Gasteiger partial charge in [-0.2, -0.15) is 0 Å². The number of anilines is 2. The normalized spacial score (nSPS) is 11.5. The van der Waals surface area contributed by atoms with Gasteiger partial charge in [-0.25, -0.2) is 4.39 Å². The van der Waals surface area contributed by atoms with E-state index in [9.17, 15) is 14.0 Å². The summed E-state index contributed by atoms with van der Waals surface area (Å²) in [4.78, 5) is 24.1. The van der Waals surface area contributed by atoms with E-state index in [1.165, 1.54) is 18.2 Å². The van der Waals surface area contributed by atoms with E-state index < -0.39 is 5.82 Å². The summed E-state index contributed by atoms with van der Waals surface area (Å²) < 4.78 is 13.1. The first-order valence-electron chi connectivity index (χ1n) is 8.28. The molecule has 0 aliphatic rings. The number of rotatable bonds is 7. The first-order valence-corrected chi connectivity index (χ1v) is 8.66. The summed E-state index contributed by atoms with van der Waals surface area (Å²) in [6.07, 6.45) is 0.844. The largest absolute Gasteiger partial charge is 0.376 e. The SMILES string of the molecule is CCC(C)NC(=O)c1cccc(NCC(=O)Nc2ccc(F)c(Cl)c2)c1. The fourth-order valence-corrected chi connectivity index (χ4v) is 2.32. The van der Waals surface area contributed by atoms with Gasteiger partial charge >= 0.3 is 0 Å². The Balaban J connectivity index is 1.92. The molecule has 2 aromatic carbocycles. The van der Waals surface area contributed by atoms with Crippen molar-refractivity contribution in [2.45, 2.75) is 26.3 Å². The van der Waals surface area contributed by atoms with Crippen LogP contribution in [0, 0.1) is 5.82 Å². The highest BCUT2D eigenvalue weighted by Crippen LogP contribution is 2.19. The Bertz CT molecular complexity index is 798. The van der Waals surface area contributed by atoms with E-state index in [4.69, 9.17) is 11.6 Å². The molecule has 0 aliphatic heterocycles. The molecule has 5 nitrogen and oxygen atoms in total. The fraction of sp³-hybridized carbons (Fsp3) is 0.263. The van der Waals surface area contributed by atoms with Crippen molar-refractivity contribution in [3.63, 3.8) is 0 Å². The summed E-state index contributed by atoms with van der Waals surface area (Å²) in [5, 5.41) is 8.41. The number of hydrogen-bond donors (Lipinski definition) is 3. The lowest BCUT2D eigenvalue weighted by molar-refractivity contribution is -0.114. The van der Waals surface area contributed by atoms with Crippen LogP contribution in [0.25, 0.3) is 0 Å². The molecule has 26 heavy (non-hydrogen) atoms. The summed E-state index contributed by atoms with van der Waals surface area (Å²) in [5.74, 6) is -1.02. The van der Waals surface area contributed by atoms with Crippen molar-refractivity contribution in [2.24, 2.45) is 0 Å². The molecule has 2 aromatic rings. The first-order chi connectivity index (χ1) is 12.4. The van der Waals surface area contributed by atoms with Gasteiger partial charge < -0.3 is 16.0 Å². The van der Waals surface area contributed by atoms with Gasteiger partial charge in [0.15, 0.2) is 0 Å². The molecule has 0 aromatic heterocycles. The van der Waals surface area contributed by atoms with Crippen molar-refractivity contribution in [3.8, 4) is 0 Å². The lowest BCUT2D eigenvalue weighted by atomic mass is 10.1.